The molecule has 0 saturated carbocycles. The van der Waals surface area contributed by atoms with Crippen LogP contribution in [0.2, 0.25) is 5.02 Å². The zero-order chi connectivity index (χ0) is 19.3. The van der Waals surface area contributed by atoms with Crippen LogP contribution in [0, 0.1) is 0 Å². The molecule has 1 N–H and O–H groups in total. The second-order valence-electron chi connectivity index (χ2n) is 6.45. The zero-order valence-electron chi connectivity index (χ0n) is 15.3. The van der Waals surface area contributed by atoms with Gasteiger partial charge in [-0.2, -0.15) is 0 Å². The Morgan fingerprint density at radius 1 is 0.923 bits per heavy atom. The molecule has 26 heavy (non-hydrogen) atoms. The van der Waals surface area contributed by atoms with Crippen molar-refractivity contribution in [2.45, 2.75) is 45.7 Å². The minimum atomic E-state index is -3.52. The molecule has 7 heteroatoms. The van der Waals surface area contributed by atoms with Crippen molar-refractivity contribution in [1.29, 1.82) is 0 Å². The van der Waals surface area contributed by atoms with Crippen LogP contribution in [0.15, 0.2) is 53.0 Å². The molecule has 0 aliphatic carbocycles. The fourth-order valence-corrected chi connectivity index (χ4v) is 5.13. The molecule has 0 radical (unpaired) electrons. The molecule has 0 amide bonds. The molecule has 0 spiro atoms. The first-order valence-corrected chi connectivity index (χ1v) is 11.2. The van der Waals surface area contributed by atoms with E-state index in [2.05, 4.69) is 21.2 Å². The first-order chi connectivity index (χ1) is 12.2. The maximum Gasteiger partial charge on any atom is 0.357 e. The van der Waals surface area contributed by atoms with Gasteiger partial charge in [0.05, 0.1) is 12.2 Å². The standard InChI is InChI=1S/C19H24BrClNO3P/c1-13(2)24-26(23,25-14(3)4)19(15-5-7-16(20)8-6-15)22-18-11-9-17(21)10-12-18/h5-14,19,22H,1-4H3/t19-/m0/s1. The summed E-state index contributed by atoms with van der Waals surface area (Å²) in [5.41, 5.74) is 1.59. The Kier molecular flexibility index (Phi) is 7.75. The summed E-state index contributed by atoms with van der Waals surface area (Å²) < 4.78 is 26.3. The van der Waals surface area contributed by atoms with E-state index in [4.69, 9.17) is 20.6 Å². The quantitative estimate of drug-likeness (QED) is 0.421. The summed E-state index contributed by atoms with van der Waals surface area (Å²) in [4.78, 5) is 0. The van der Waals surface area contributed by atoms with Crippen LogP contribution >= 0.6 is 35.1 Å². The number of benzene rings is 2. The second-order valence-corrected chi connectivity index (χ2v) is 9.82. The maximum atomic E-state index is 13.7. The van der Waals surface area contributed by atoms with Gasteiger partial charge < -0.3 is 14.4 Å². The molecule has 0 heterocycles. The van der Waals surface area contributed by atoms with Gasteiger partial charge in [-0.05, 0) is 69.7 Å². The van der Waals surface area contributed by atoms with Crippen molar-refractivity contribution in [3.05, 3.63) is 63.6 Å². The zero-order valence-corrected chi connectivity index (χ0v) is 18.5. The number of anilines is 1. The van der Waals surface area contributed by atoms with Gasteiger partial charge in [0.25, 0.3) is 0 Å². The van der Waals surface area contributed by atoms with Crippen LogP contribution in [0.5, 0.6) is 0 Å². The van der Waals surface area contributed by atoms with Crippen molar-refractivity contribution in [3.63, 3.8) is 0 Å². The van der Waals surface area contributed by atoms with Crippen molar-refractivity contribution in [1.82, 2.24) is 0 Å². The summed E-state index contributed by atoms with van der Waals surface area (Å²) in [6, 6.07) is 14.8. The van der Waals surface area contributed by atoms with E-state index in [0.717, 1.165) is 15.7 Å². The highest BCUT2D eigenvalue weighted by molar-refractivity contribution is 9.10. The summed E-state index contributed by atoms with van der Waals surface area (Å²) in [5.74, 6) is -0.651. The van der Waals surface area contributed by atoms with Crippen LogP contribution < -0.4 is 5.32 Å². The Morgan fingerprint density at radius 2 is 1.42 bits per heavy atom. The van der Waals surface area contributed by atoms with Crippen LogP contribution in [0.3, 0.4) is 0 Å². The molecule has 1 atom stereocenters. The summed E-state index contributed by atoms with van der Waals surface area (Å²) in [6.07, 6.45) is -0.492. The van der Waals surface area contributed by atoms with E-state index in [1.165, 1.54) is 0 Å². The van der Waals surface area contributed by atoms with Crippen molar-refractivity contribution >= 4 is 40.8 Å². The minimum Gasteiger partial charge on any atom is -0.368 e. The summed E-state index contributed by atoms with van der Waals surface area (Å²) >= 11 is 9.41. The number of rotatable bonds is 8. The van der Waals surface area contributed by atoms with E-state index in [9.17, 15) is 4.57 Å². The molecule has 0 saturated heterocycles. The fourth-order valence-electron chi connectivity index (χ4n) is 2.43. The first-order valence-electron chi connectivity index (χ1n) is 8.43. The molecule has 0 aliphatic rings. The lowest BCUT2D eigenvalue weighted by atomic mass is 10.2. The number of hydrogen-bond donors (Lipinski definition) is 1. The second kappa shape index (κ2) is 9.38. The molecule has 0 aliphatic heterocycles. The molecule has 0 bridgehead atoms. The molecular formula is C19H24BrClNO3P. The monoisotopic (exact) mass is 459 g/mol. The van der Waals surface area contributed by atoms with E-state index < -0.39 is 13.4 Å². The van der Waals surface area contributed by atoms with E-state index >= 15 is 0 Å². The van der Waals surface area contributed by atoms with Gasteiger partial charge in [-0.1, -0.05) is 39.7 Å². The van der Waals surface area contributed by atoms with E-state index in [1.807, 2.05) is 64.1 Å². The molecule has 2 aromatic rings. The normalized spacial score (nSPS) is 13.2. The number of hydrogen-bond acceptors (Lipinski definition) is 4. The van der Waals surface area contributed by atoms with Gasteiger partial charge in [0.1, 0.15) is 0 Å². The Bertz CT molecular complexity index is 736. The van der Waals surface area contributed by atoms with Crippen LogP contribution in [0.25, 0.3) is 0 Å². The van der Waals surface area contributed by atoms with E-state index in [-0.39, 0.29) is 12.2 Å². The lowest BCUT2D eigenvalue weighted by molar-refractivity contribution is 0.138. The molecule has 4 nitrogen and oxygen atoms in total. The molecule has 142 valence electrons. The highest BCUT2D eigenvalue weighted by Gasteiger charge is 2.39. The van der Waals surface area contributed by atoms with Crippen LogP contribution in [-0.2, 0) is 13.6 Å². The lowest BCUT2D eigenvalue weighted by Gasteiger charge is -2.31. The van der Waals surface area contributed by atoms with Gasteiger partial charge in [0, 0.05) is 15.2 Å². The Labute approximate surface area is 168 Å². The van der Waals surface area contributed by atoms with Crippen molar-refractivity contribution < 1.29 is 13.6 Å². The van der Waals surface area contributed by atoms with Gasteiger partial charge in [0.2, 0.25) is 0 Å². The van der Waals surface area contributed by atoms with Crippen LogP contribution in [0.1, 0.15) is 39.0 Å². The fraction of sp³-hybridized carbons (Fsp3) is 0.368. The third-order valence-electron chi connectivity index (χ3n) is 3.37. The predicted molar refractivity (Wildman–Crippen MR) is 112 cm³/mol. The lowest BCUT2D eigenvalue weighted by Crippen LogP contribution is -2.19. The molecular weight excluding hydrogens is 437 g/mol. The molecule has 0 unspecified atom stereocenters. The van der Waals surface area contributed by atoms with Crippen LogP contribution in [0.4, 0.5) is 5.69 Å². The Morgan fingerprint density at radius 3 is 1.88 bits per heavy atom. The van der Waals surface area contributed by atoms with Crippen molar-refractivity contribution in [2.24, 2.45) is 0 Å². The smallest absolute Gasteiger partial charge is 0.357 e. The van der Waals surface area contributed by atoms with Gasteiger partial charge in [0.15, 0.2) is 5.78 Å². The molecule has 2 rings (SSSR count). The van der Waals surface area contributed by atoms with Gasteiger partial charge in [-0.25, -0.2) is 0 Å². The van der Waals surface area contributed by atoms with Crippen molar-refractivity contribution in [2.75, 3.05) is 5.32 Å². The maximum absolute atomic E-state index is 13.7. The summed E-state index contributed by atoms with van der Waals surface area (Å²) in [7, 11) is -3.52. The average molecular weight is 461 g/mol. The van der Waals surface area contributed by atoms with Crippen molar-refractivity contribution in [3.8, 4) is 0 Å². The largest absolute Gasteiger partial charge is 0.368 e. The highest BCUT2D eigenvalue weighted by Crippen LogP contribution is 2.62. The highest BCUT2D eigenvalue weighted by atomic mass is 79.9. The van der Waals surface area contributed by atoms with E-state index in [1.54, 1.807) is 12.1 Å². The third-order valence-corrected chi connectivity index (χ3v) is 6.64. The number of halogens is 2. The molecule has 0 aromatic heterocycles. The van der Waals surface area contributed by atoms with Crippen LogP contribution in [-0.4, -0.2) is 12.2 Å². The summed E-state index contributed by atoms with van der Waals surface area (Å²) in [6.45, 7) is 7.38. The topological polar surface area (TPSA) is 47.6 Å². The molecule has 0 fully saturated rings. The summed E-state index contributed by atoms with van der Waals surface area (Å²) in [5, 5.41) is 3.94. The SMILES string of the molecule is CC(C)OP(=O)(OC(C)C)[C@H](Nc1ccc(Cl)cc1)c1ccc(Br)cc1. The minimum absolute atomic E-state index is 0.246. The molecule has 2 aromatic carbocycles. The average Bonchev–Trinajstić information content (AvgIpc) is 2.53. The first kappa shape index (κ1) is 21.5. The predicted octanol–water partition coefficient (Wildman–Crippen LogP) is 7.26. The van der Waals surface area contributed by atoms with Gasteiger partial charge in [-0.15, -0.1) is 0 Å². The van der Waals surface area contributed by atoms with Gasteiger partial charge in [-0.3, -0.25) is 4.57 Å². The number of nitrogens with one attached hydrogen (secondary N) is 1. The third kappa shape index (κ3) is 6.11. The Hall–Kier alpha value is -0.840. The van der Waals surface area contributed by atoms with E-state index in [0.29, 0.717) is 5.02 Å². The Balaban J connectivity index is 2.47. The van der Waals surface area contributed by atoms with Gasteiger partial charge >= 0.3 is 7.60 Å².